The number of sulfonamides is 1. The number of aryl methyl sites for hydroxylation is 1. The molecule has 0 unspecified atom stereocenters. The zero-order chi connectivity index (χ0) is 15.8. The highest BCUT2D eigenvalue weighted by atomic mass is 35.5. The normalized spacial score (nSPS) is 12.0. The second kappa shape index (κ2) is 5.67. The predicted molar refractivity (Wildman–Crippen MR) is 82.5 cm³/mol. The van der Waals surface area contributed by atoms with E-state index in [0.717, 1.165) is 5.56 Å². The van der Waals surface area contributed by atoms with Gasteiger partial charge in [-0.1, -0.05) is 11.6 Å². The monoisotopic (exact) mass is 328 g/mol. The smallest absolute Gasteiger partial charge is 0.243 e. The first-order valence-electron chi connectivity index (χ1n) is 6.21. The molecule has 0 aliphatic heterocycles. The Bertz CT molecular complexity index is 747. The molecule has 0 aliphatic carbocycles. The molecule has 2 N–H and O–H groups in total. The number of nitrogen functional groups attached to an aromatic ring is 1. The van der Waals surface area contributed by atoms with Crippen molar-refractivity contribution in [3.63, 3.8) is 0 Å². The van der Waals surface area contributed by atoms with Crippen LogP contribution >= 0.6 is 11.6 Å². The summed E-state index contributed by atoms with van der Waals surface area (Å²) >= 11 is 6.02. The van der Waals surface area contributed by atoms with Gasteiger partial charge in [-0.05, 0) is 24.6 Å². The van der Waals surface area contributed by atoms with Crippen LogP contribution in [0, 0.1) is 6.92 Å². The summed E-state index contributed by atoms with van der Waals surface area (Å²) in [5.74, 6) is 0. The van der Waals surface area contributed by atoms with Crippen LogP contribution in [0.2, 0.25) is 5.02 Å². The number of benzene rings is 1. The number of halogens is 1. The summed E-state index contributed by atoms with van der Waals surface area (Å²) in [6.45, 7) is 1.97. The lowest BCUT2D eigenvalue weighted by Crippen LogP contribution is -2.26. The third-order valence-corrected chi connectivity index (χ3v) is 5.40. The van der Waals surface area contributed by atoms with Crippen molar-refractivity contribution in [2.24, 2.45) is 7.05 Å². The van der Waals surface area contributed by atoms with E-state index in [1.807, 2.05) is 0 Å². The lowest BCUT2D eigenvalue weighted by atomic mass is 10.2. The fourth-order valence-corrected chi connectivity index (χ4v) is 3.41. The molecule has 2 rings (SSSR count). The number of nitrogens with two attached hydrogens (primary N) is 1. The maximum absolute atomic E-state index is 12.5. The van der Waals surface area contributed by atoms with E-state index in [-0.39, 0.29) is 11.4 Å². The van der Waals surface area contributed by atoms with Crippen LogP contribution in [-0.2, 0) is 23.6 Å². The number of hydrogen-bond acceptors (Lipinski definition) is 4. The molecule has 0 fully saturated rings. The average Bonchev–Trinajstić information content (AvgIpc) is 2.80. The fraction of sp³-hybridized carbons (Fsp3) is 0.308. The Morgan fingerprint density at radius 2 is 2.10 bits per heavy atom. The lowest BCUT2D eigenvalue weighted by Gasteiger charge is -2.17. The Hall–Kier alpha value is -1.57. The van der Waals surface area contributed by atoms with Crippen LogP contribution in [-0.4, -0.2) is 29.6 Å². The third-order valence-electron chi connectivity index (χ3n) is 3.23. The van der Waals surface area contributed by atoms with Crippen molar-refractivity contribution < 1.29 is 8.42 Å². The highest BCUT2D eigenvalue weighted by Crippen LogP contribution is 2.27. The maximum Gasteiger partial charge on any atom is 0.243 e. The van der Waals surface area contributed by atoms with E-state index >= 15 is 0 Å². The molecule has 8 heteroatoms. The molecule has 114 valence electrons. The van der Waals surface area contributed by atoms with Crippen LogP contribution in [0.4, 0.5) is 5.69 Å². The van der Waals surface area contributed by atoms with Gasteiger partial charge in [0, 0.05) is 43.1 Å². The van der Waals surface area contributed by atoms with Crippen LogP contribution in [0.1, 0.15) is 11.1 Å². The standard InChI is InChI=1S/C13H17ClN4O2S/c1-9-12(14)4-11(5-13(9)15)21(19,20)18(3)8-10-6-16-17(2)7-10/h4-7H,8,15H2,1-3H3. The minimum absolute atomic E-state index is 0.0852. The van der Waals surface area contributed by atoms with Gasteiger partial charge in [-0.2, -0.15) is 9.40 Å². The fourth-order valence-electron chi connectivity index (χ4n) is 1.90. The van der Waals surface area contributed by atoms with Crippen molar-refractivity contribution in [1.29, 1.82) is 0 Å². The summed E-state index contributed by atoms with van der Waals surface area (Å²) in [6.07, 6.45) is 3.39. The molecule has 0 atom stereocenters. The summed E-state index contributed by atoms with van der Waals surface area (Å²) in [4.78, 5) is 0.0852. The Labute approximate surface area is 129 Å². The first kappa shape index (κ1) is 15.8. The van der Waals surface area contributed by atoms with Gasteiger partial charge in [0.05, 0.1) is 11.1 Å². The molecule has 1 aromatic carbocycles. The molecule has 0 amide bonds. The maximum atomic E-state index is 12.5. The van der Waals surface area contributed by atoms with Gasteiger partial charge in [0.25, 0.3) is 0 Å². The number of hydrogen-bond donors (Lipinski definition) is 1. The molecule has 0 spiro atoms. The Kier molecular flexibility index (Phi) is 4.27. The first-order chi connectivity index (χ1) is 9.71. The molecule has 0 radical (unpaired) electrons. The van der Waals surface area contributed by atoms with Crippen molar-refractivity contribution in [2.75, 3.05) is 12.8 Å². The number of rotatable bonds is 4. The number of nitrogens with zero attached hydrogens (tertiary/aromatic N) is 3. The highest BCUT2D eigenvalue weighted by Gasteiger charge is 2.23. The molecule has 2 aromatic rings. The predicted octanol–water partition coefficient (Wildman–Crippen LogP) is 1.78. The second-order valence-electron chi connectivity index (χ2n) is 4.90. The quantitative estimate of drug-likeness (QED) is 0.867. The Morgan fingerprint density at radius 1 is 1.43 bits per heavy atom. The molecule has 0 saturated heterocycles. The van der Waals surface area contributed by atoms with Gasteiger partial charge in [-0.3, -0.25) is 4.68 Å². The third kappa shape index (κ3) is 3.20. The van der Waals surface area contributed by atoms with Crippen LogP contribution in [0.5, 0.6) is 0 Å². The van der Waals surface area contributed by atoms with Crippen LogP contribution in [0.15, 0.2) is 29.4 Å². The van der Waals surface area contributed by atoms with Crippen molar-refractivity contribution in [3.8, 4) is 0 Å². The zero-order valence-electron chi connectivity index (χ0n) is 12.0. The first-order valence-corrected chi connectivity index (χ1v) is 8.03. The number of aromatic nitrogens is 2. The number of anilines is 1. The van der Waals surface area contributed by atoms with E-state index in [1.54, 1.807) is 31.0 Å². The van der Waals surface area contributed by atoms with Gasteiger partial charge >= 0.3 is 0 Å². The van der Waals surface area contributed by atoms with Crippen LogP contribution in [0.3, 0.4) is 0 Å². The minimum Gasteiger partial charge on any atom is -0.398 e. The van der Waals surface area contributed by atoms with Gasteiger partial charge in [-0.15, -0.1) is 0 Å². The summed E-state index contributed by atoms with van der Waals surface area (Å²) in [5, 5.41) is 4.35. The van der Waals surface area contributed by atoms with E-state index < -0.39 is 10.0 Å². The topological polar surface area (TPSA) is 81.2 Å². The second-order valence-corrected chi connectivity index (χ2v) is 7.35. The summed E-state index contributed by atoms with van der Waals surface area (Å²) < 4.78 is 27.9. The van der Waals surface area contributed by atoms with Gasteiger partial charge in [0.2, 0.25) is 10.0 Å². The van der Waals surface area contributed by atoms with Gasteiger partial charge < -0.3 is 5.73 Å². The van der Waals surface area contributed by atoms with Crippen molar-refractivity contribution in [3.05, 3.63) is 40.7 Å². The minimum atomic E-state index is -3.66. The summed E-state index contributed by atoms with van der Waals surface area (Å²) in [6, 6.07) is 2.85. The Morgan fingerprint density at radius 3 is 2.62 bits per heavy atom. The average molecular weight is 329 g/mol. The van der Waals surface area contributed by atoms with E-state index in [1.165, 1.54) is 23.5 Å². The summed E-state index contributed by atoms with van der Waals surface area (Å²) in [5.41, 5.74) is 7.62. The van der Waals surface area contributed by atoms with Gasteiger partial charge in [0.1, 0.15) is 0 Å². The molecule has 21 heavy (non-hydrogen) atoms. The molecule has 0 bridgehead atoms. The van der Waals surface area contributed by atoms with E-state index in [4.69, 9.17) is 17.3 Å². The van der Waals surface area contributed by atoms with E-state index in [9.17, 15) is 8.42 Å². The highest BCUT2D eigenvalue weighted by molar-refractivity contribution is 7.89. The van der Waals surface area contributed by atoms with Gasteiger partial charge in [0.15, 0.2) is 0 Å². The van der Waals surface area contributed by atoms with Crippen LogP contribution in [0.25, 0.3) is 0 Å². The van der Waals surface area contributed by atoms with Crippen molar-refractivity contribution in [2.45, 2.75) is 18.4 Å². The molecule has 1 aromatic heterocycles. The zero-order valence-corrected chi connectivity index (χ0v) is 13.6. The summed E-state index contributed by atoms with van der Waals surface area (Å²) in [7, 11) is -0.375. The van der Waals surface area contributed by atoms with E-state index in [2.05, 4.69) is 5.10 Å². The van der Waals surface area contributed by atoms with Crippen LogP contribution < -0.4 is 5.73 Å². The Balaban J connectivity index is 2.33. The molecule has 0 aliphatic rings. The van der Waals surface area contributed by atoms with Crippen molar-refractivity contribution in [1.82, 2.24) is 14.1 Å². The largest absolute Gasteiger partial charge is 0.398 e. The molecule has 0 saturated carbocycles. The molecular weight excluding hydrogens is 312 g/mol. The molecular formula is C13H17ClN4O2S. The van der Waals surface area contributed by atoms with E-state index in [0.29, 0.717) is 16.3 Å². The molecule has 6 nitrogen and oxygen atoms in total. The molecule has 1 heterocycles. The van der Waals surface area contributed by atoms with Crippen molar-refractivity contribution >= 4 is 27.3 Å². The lowest BCUT2D eigenvalue weighted by molar-refractivity contribution is 0.466. The van der Waals surface area contributed by atoms with Gasteiger partial charge in [-0.25, -0.2) is 8.42 Å². The SMILES string of the molecule is Cc1c(N)cc(S(=O)(=O)N(C)Cc2cnn(C)c2)cc1Cl.